The van der Waals surface area contributed by atoms with E-state index in [1.807, 2.05) is 18.7 Å². The number of hydrogen-bond acceptors (Lipinski definition) is 10. The van der Waals surface area contributed by atoms with Gasteiger partial charge in [0.2, 0.25) is 11.9 Å². The molecule has 1 amide bonds. The summed E-state index contributed by atoms with van der Waals surface area (Å²) in [5.41, 5.74) is 0.130. The van der Waals surface area contributed by atoms with Crippen LogP contribution in [0.3, 0.4) is 0 Å². The van der Waals surface area contributed by atoms with Crippen LogP contribution in [0.2, 0.25) is 0 Å². The summed E-state index contributed by atoms with van der Waals surface area (Å²) >= 11 is 0. The van der Waals surface area contributed by atoms with E-state index in [1.54, 1.807) is 6.20 Å². The number of carbonyl (C=O) groups excluding carboxylic acids is 1. The summed E-state index contributed by atoms with van der Waals surface area (Å²) in [7, 11) is 2.58. The second kappa shape index (κ2) is 11.8. The molecular weight excluding hydrogens is 538 g/mol. The standard InChI is InChI=1S/C28H32F2N6O5/c1-6-22(37)32-18-12-40-13-19(18)34-28-31-9-16-7-17(23-24(29)20(38-4)8-21(39-5)25(23)30)33-27(26(16)35-28)36-10-14(2)41-15(3)11-36/h6-9,14-15,18-19H,1,10-13H2,2-5H3,(H,32,37)(H,31,34,35)/t14?,15?,18-,19?/m0/s1. The number of hydrogen-bond donors (Lipinski definition) is 2. The summed E-state index contributed by atoms with van der Waals surface area (Å²) in [6, 6.07) is 2.08. The van der Waals surface area contributed by atoms with Crippen molar-refractivity contribution in [3.8, 4) is 22.8 Å². The Balaban J connectivity index is 1.61. The number of rotatable bonds is 8. The van der Waals surface area contributed by atoms with Gasteiger partial charge in [0.1, 0.15) is 5.52 Å². The molecule has 2 fully saturated rings. The first kappa shape index (κ1) is 28.4. The number of amides is 1. The SMILES string of the molecule is C=CC(=O)N[C@H]1COCC1Nc1ncc2cc(-c3c(F)c(OC)cc(OC)c3F)nc(N3CC(C)OC(C)C3)c2n1. The van der Waals surface area contributed by atoms with E-state index in [9.17, 15) is 4.79 Å². The number of fused-ring (bicyclic) bond motifs is 1. The van der Waals surface area contributed by atoms with Crippen molar-refractivity contribution in [1.29, 1.82) is 0 Å². The van der Waals surface area contributed by atoms with Crippen molar-refractivity contribution in [3.05, 3.63) is 42.6 Å². The van der Waals surface area contributed by atoms with E-state index in [0.717, 1.165) is 6.07 Å². The van der Waals surface area contributed by atoms with Crippen molar-refractivity contribution in [2.75, 3.05) is 50.7 Å². The van der Waals surface area contributed by atoms with Gasteiger partial charge < -0.3 is 34.5 Å². The van der Waals surface area contributed by atoms with Gasteiger partial charge in [-0.1, -0.05) is 6.58 Å². The molecule has 0 bridgehead atoms. The van der Waals surface area contributed by atoms with Gasteiger partial charge in [-0.05, 0) is 26.0 Å². The van der Waals surface area contributed by atoms with Crippen molar-refractivity contribution in [3.63, 3.8) is 0 Å². The quantitative estimate of drug-likeness (QED) is 0.391. The summed E-state index contributed by atoms with van der Waals surface area (Å²) in [4.78, 5) is 27.8. The van der Waals surface area contributed by atoms with Gasteiger partial charge in [0.05, 0.1) is 63.0 Å². The molecule has 4 heterocycles. The first-order valence-electron chi connectivity index (χ1n) is 13.2. The number of nitrogens with zero attached hydrogens (tertiary/aromatic N) is 4. The second-order valence-corrected chi connectivity index (χ2v) is 10.0. The van der Waals surface area contributed by atoms with Gasteiger partial charge >= 0.3 is 0 Å². The lowest BCUT2D eigenvalue weighted by atomic mass is 10.1. The highest BCUT2D eigenvalue weighted by Gasteiger charge is 2.31. The number of morpholine rings is 1. The van der Waals surface area contributed by atoms with Gasteiger partial charge in [0.15, 0.2) is 29.0 Å². The normalized spacial score (nSPS) is 22.4. The topological polar surface area (TPSA) is 120 Å². The molecule has 218 valence electrons. The predicted molar refractivity (Wildman–Crippen MR) is 148 cm³/mol. The zero-order valence-corrected chi connectivity index (χ0v) is 23.2. The molecule has 0 aliphatic carbocycles. The second-order valence-electron chi connectivity index (χ2n) is 10.0. The fourth-order valence-corrected chi connectivity index (χ4v) is 5.15. The van der Waals surface area contributed by atoms with Crippen LogP contribution in [0.5, 0.6) is 11.5 Å². The van der Waals surface area contributed by atoms with Gasteiger partial charge in [-0.3, -0.25) is 4.79 Å². The van der Waals surface area contributed by atoms with Crippen molar-refractivity contribution in [2.24, 2.45) is 0 Å². The molecule has 41 heavy (non-hydrogen) atoms. The van der Waals surface area contributed by atoms with Crippen molar-refractivity contribution < 1.29 is 32.5 Å². The average molecular weight is 571 g/mol. The average Bonchev–Trinajstić information content (AvgIpc) is 3.38. The maximum absolute atomic E-state index is 15.5. The molecule has 2 aromatic heterocycles. The molecule has 3 unspecified atom stereocenters. The zero-order valence-electron chi connectivity index (χ0n) is 23.2. The molecule has 2 N–H and O–H groups in total. The lowest BCUT2D eigenvalue weighted by Gasteiger charge is -2.36. The van der Waals surface area contributed by atoms with E-state index in [4.69, 9.17) is 28.9 Å². The van der Waals surface area contributed by atoms with E-state index >= 15 is 8.78 Å². The fourth-order valence-electron chi connectivity index (χ4n) is 5.15. The van der Waals surface area contributed by atoms with Gasteiger partial charge in [-0.15, -0.1) is 0 Å². The lowest BCUT2D eigenvalue weighted by Crippen LogP contribution is -2.46. The van der Waals surface area contributed by atoms with Crippen LogP contribution in [0.1, 0.15) is 13.8 Å². The molecular formula is C28H32F2N6O5. The summed E-state index contributed by atoms with van der Waals surface area (Å²) < 4.78 is 52.7. The Morgan fingerprint density at radius 3 is 2.37 bits per heavy atom. The summed E-state index contributed by atoms with van der Waals surface area (Å²) in [6.45, 7) is 9.02. The number of halogens is 2. The van der Waals surface area contributed by atoms with Crippen LogP contribution < -0.4 is 25.0 Å². The zero-order chi connectivity index (χ0) is 29.3. The number of ether oxygens (including phenoxy) is 4. The molecule has 4 atom stereocenters. The predicted octanol–water partition coefficient (Wildman–Crippen LogP) is 3.08. The van der Waals surface area contributed by atoms with E-state index in [0.29, 0.717) is 43.0 Å². The molecule has 0 saturated carbocycles. The number of anilines is 2. The van der Waals surface area contributed by atoms with Crippen LogP contribution in [-0.2, 0) is 14.3 Å². The van der Waals surface area contributed by atoms with Crippen molar-refractivity contribution >= 4 is 28.6 Å². The van der Waals surface area contributed by atoms with Gasteiger partial charge in [-0.25, -0.2) is 23.7 Å². The van der Waals surface area contributed by atoms with Gasteiger partial charge in [0.25, 0.3) is 0 Å². The van der Waals surface area contributed by atoms with Crippen molar-refractivity contribution in [2.45, 2.75) is 38.1 Å². The highest BCUT2D eigenvalue weighted by Crippen LogP contribution is 2.39. The number of nitrogens with one attached hydrogen (secondary N) is 2. The van der Waals surface area contributed by atoms with Crippen LogP contribution in [-0.4, -0.2) is 85.7 Å². The Bertz CT molecular complexity index is 1440. The van der Waals surface area contributed by atoms with E-state index in [1.165, 1.54) is 26.4 Å². The molecule has 11 nitrogen and oxygen atoms in total. The number of pyridine rings is 1. The Kier molecular flexibility index (Phi) is 8.18. The highest BCUT2D eigenvalue weighted by atomic mass is 19.1. The molecule has 1 aromatic carbocycles. The number of aromatic nitrogens is 3. The third-order valence-electron chi connectivity index (χ3n) is 7.00. The first-order chi connectivity index (χ1) is 19.7. The minimum absolute atomic E-state index is 0.0344. The van der Waals surface area contributed by atoms with Crippen molar-refractivity contribution in [1.82, 2.24) is 20.3 Å². The van der Waals surface area contributed by atoms with Crippen LogP contribution in [0, 0.1) is 11.6 Å². The third-order valence-corrected chi connectivity index (χ3v) is 7.00. The monoisotopic (exact) mass is 570 g/mol. The van der Waals surface area contributed by atoms with Gasteiger partial charge in [0, 0.05) is 30.7 Å². The van der Waals surface area contributed by atoms with E-state index in [2.05, 4.69) is 22.2 Å². The van der Waals surface area contributed by atoms with E-state index < -0.39 is 11.6 Å². The maximum atomic E-state index is 15.5. The molecule has 13 heteroatoms. The first-order valence-corrected chi connectivity index (χ1v) is 13.2. The maximum Gasteiger partial charge on any atom is 0.243 e. The Hall–Kier alpha value is -4.10. The largest absolute Gasteiger partial charge is 0.494 e. The molecule has 2 aliphatic heterocycles. The fraction of sp³-hybridized carbons (Fsp3) is 0.429. The molecule has 0 radical (unpaired) electrons. The third kappa shape index (κ3) is 5.72. The number of benzene rings is 1. The molecule has 3 aromatic rings. The summed E-state index contributed by atoms with van der Waals surface area (Å²) in [5.74, 6) is -1.76. The smallest absolute Gasteiger partial charge is 0.243 e. The molecule has 0 spiro atoms. The number of carbonyl (C=O) groups is 1. The Morgan fingerprint density at radius 2 is 1.73 bits per heavy atom. The minimum atomic E-state index is -0.902. The lowest BCUT2D eigenvalue weighted by molar-refractivity contribution is -0.117. The highest BCUT2D eigenvalue weighted by molar-refractivity contribution is 5.92. The molecule has 5 rings (SSSR count). The van der Waals surface area contributed by atoms with E-state index in [-0.39, 0.29) is 58.9 Å². The Morgan fingerprint density at radius 1 is 1.07 bits per heavy atom. The van der Waals surface area contributed by atoms with Gasteiger partial charge in [-0.2, -0.15) is 0 Å². The van der Waals surface area contributed by atoms with Crippen LogP contribution in [0.25, 0.3) is 22.2 Å². The Labute approximate surface area is 235 Å². The van der Waals surface area contributed by atoms with Crippen LogP contribution in [0.15, 0.2) is 31.0 Å². The minimum Gasteiger partial charge on any atom is -0.494 e. The van der Waals surface area contributed by atoms with Crippen LogP contribution >= 0.6 is 0 Å². The number of methoxy groups -OCH3 is 2. The van der Waals surface area contributed by atoms with Crippen LogP contribution in [0.4, 0.5) is 20.5 Å². The summed E-state index contributed by atoms with van der Waals surface area (Å²) in [6.07, 6.45) is 2.53. The molecule has 2 aliphatic rings. The summed E-state index contributed by atoms with van der Waals surface area (Å²) in [5, 5.41) is 6.59. The molecule has 2 saturated heterocycles.